The van der Waals surface area contributed by atoms with Gasteiger partial charge in [-0.15, -0.1) is 0 Å². The van der Waals surface area contributed by atoms with Gasteiger partial charge in [0.1, 0.15) is 0 Å². The number of benzene rings is 2. The van der Waals surface area contributed by atoms with Gasteiger partial charge in [0, 0.05) is 16.8 Å². The zero-order valence-electron chi connectivity index (χ0n) is 14.5. The molecule has 0 saturated carbocycles. The summed E-state index contributed by atoms with van der Waals surface area (Å²) in [4.78, 5) is 0. The molecule has 2 aromatic rings. The van der Waals surface area contributed by atoms with Crippen molar-refractivity contribution in [3.63, 3.8) is 0 Å². The molecule has 0 amide bonds. The van der Waals surface area contributed by atoms with E-state index in [9.17, 15) is 0 Å². The molecule has 2 heteroatoms. The highest BCUT2D eigenvalue weighted by Crippen LogP contribution is 2.57. The lowest BCUT2D eigenvalue weighted by molar-refractivity contribution is 0.324. The van der Waals surface area contributed by atoms with E-state index in [1.807, 2.05) is 6.07 Å². The Labute approximate surface area is 139 Å². The van der Waals surface area contributed by atoms with Gasteiger partial charge in [0.05, 0.1) is 0 Å². The highest BCUT2D eigenvalue weighted by molar-refractivity contribution is 5.59. The molecule has 0 aromatic heterocycles. The highest BCUT2D eigenvalue weighted by atomic mass is 14.6. The van der Waals surface area contributed by atoms with E-state index in [4.69, 9.17) is 11.5 Å². The smallest absolute Gasteiger partial charge is 0.0317 e. The zero-order chi connectivity index (χ0) is 16.7. The Kier molecular flexibility index (Phi) is 3.87. The lowest BCUT2D eigenvalue weighted by Crippen LogP contribution is -2.29. The summed E-state index contributed by atoms with van der Waals surface area (Å²) in [7, 11) is 0. The second-order valence-corrected chi connectivity index (χ2v) is 7.03. The van der Waals surface area contributed by atoms with Gasteiger partial charge in [0.2, 0.25) is 0 Å². The maximum atomic E-state index is 6.13. The molecule has 23 heavy (non-hydrogen) atoms. The molecule has 3 rings (SSSR count). The summed E-state index contributed by atoms with van der Waals surface area (Å²) < 4.78 is 0. The number of rotatable bonds is 4. The van der Waals surface area contributed by atoms with Crippen LogP contribution in [0.1, 0.15) is 63.1 Å². The first-order valence-corrected chi connectivity index (χ1v) is 8.78. The molecule has 1 unspecified atom stereocenters. The number of nitrogen functional groups attached to an aromatic ring is 2. The molecule has 0 saturated heterocycles. The maximum Gasteiger partial charge on any atom is 0.0317 e. The van der Waals surface area contributed by atoms with Gasteiger partial charge in [-0.25, -0.2) is 0 Å². The fourth-order valence-corrected chi connectivity index (χ4v) is 4.68. The number of anilines is 2. The van der Waals surface area contributed by atoms with Gasteiger partial charge in [0.15, 0.2) is 0 Å². The molecule has 0 heterocycles. The van der Waals surface area contributed by atoms with Gasteiger partial charge < -0.3 is 11.5 Å². The van der Waals surface area contributed by atoms with E-state index in [2.05, 4.69) is 57.2 Å². The first-order valence-electron chi connectivity index (χ1n) is 8.78. The van der Waals surface area contributed by atoms with Crippen LogP contribution in [-0.4, -0.2) is 0 Å². The predicted molar refractivity (Wildman–Crippen MR) is 99.7 cm³/mol. The summed E-state index contributed by atoms with van der Waals surface area (Å²) in [6.45, 7) is 6.91. The van der Waals surface area contributed by atoms with E-state index in [0.29, 0.717) is 0 Å². The third kappa shape index (κ3) is 2.23. The van der Waals surface area contributed by atoms with Crippen molar-refractivity contribution in [2.45, 2.75) is 57.3 Å². The molecule has 4 N–H and O–H groups in total. The highest BCUT2D eigenvalue weighted by Gasteiger charge is 2.50. The summed E-state index contributed by atoms with van der Waals surface area (Å²) in [5, 5.41) is 0. The van der Waals surface area contributed by atoms with E-state index in [-0.39, 0.29) is 10.8 Å². The van der Waals surface area contributed by atoms with Gasteiger partial charge in [-0.1, -0.05) is 39.0 Å². The van der Waals surface area contributed by atoms with Crippen LogP contribution < -0.4 is 11.5 Å². The molecule has 1 aliphatic rings. The van der Waals surface area contributed by atoms with Gasteiger partial charge in [0.25, 0.3) is 0 Å². The maximum absolute atomic E-state index is 6.13. The minimum atomic E-state index is 0.0461. The third-order valence-electron chi connectivity index (χ3n) is 6.17. The van der Waals surface area contributed by atoms with Crippen molar-refractivity contribution in [2.24, 2.45) is 0 Å². The fraction of sp³-hybridized carbons (Fsp3) is 0.429. The number of nitrogens with two attached hydrogens (primary N) is 2. The summed E-state index contributed by atoms with van der Waals surface area (Å²) >= 11 is 0. The van der Waals surface area contributed by atoms with Crippen LogP contribution in [-0.2, 0) is 10.8 Å². The average Bonchev–Trinajstić information content (AvgIpc) is 2.86. The third-order valence-corrected chi connectivity index (χ3v) is 6.17. The largest absolute Gasteiger partial charge is 0.399 e. The van der Waals surface area contributed by atoms with Crippen molar-refractivity contribution < 1.29 is 0 Å². The Morgan fingerprint density at radius 1 is 0.826 bits per heavy atom. The molecule has 2 aromatic carbocycles. The first kappa shape index (κ1) is 15.9. The van der Waals surface area contributed by atoms with Crippen LogP contribution >= 0.6 is 0 Å². The Hall–Kier alpha value is -1.96. The van der Waals surface area contributed by atoms with Crippen LogP contribution in [0.15, 0.2) is 42.5 Å². The Bertz CT molecular complexity index is 716. The predicted octanol–water partition coefficient (Wildman–Crippen LogP) is 5.01. The summed E-state index contributed by atoms with van der Waals surface area (Å²) in [6, 6.07) is 15.0. The van der Waals surface area contributed by atoms with Crippen LogP contribution in [0.25, 0.3) is 0 Å². The van der Waals surface area contributed by atoms with Gasteiger partial charge in [-0.2, -0.15) is 0 Å². The van der Waals surface area contributed by atoms with E-state index in [1.165, 1.54) is 16.7 Å². The SMILES string of the molecule is CCC1(CC)CC(CC)(c2cccc(N)c2)c2ccc(N)cc21. The van der Waals surface area contributed by atoms with E-state index < -0.39 is 0 Å². The Balaban J connectivity index is 2.28. The molecule has 0 spiro atoms. The Morgan fingerprint density at radius 2 is 1.52 bits per heavy atom. The monoisotopic (exact) mass is 308 g/mol. The van der Waals surface area contributed by atoms with E-state index >= 15 is 0 Å². The first-order chi connectivity index (χ1) is 11.0. The van der Waals surface area contributed by atoms with Crippen molar-refractivity contribution in [2.75, 3.05) is 11.5 Å². The van der Waals surface area contributed by atoms with Crippen LogP contribution in [0, 0.1) is 0 Å². The molecule has 0 fully saturated rings. The molecule has 0 radical (unpaired) electrons. The second-order valence-electron chi connectivity index (χ2n) is 7.03. The number of hydrogen-bond acceptors (Lipinski definition) is 2. The van der Waals surface area contributed by atoms with Crippen LogP contribution in [0.3, 0.4) is 0 Å². The minimum absolute atomic E-state index is 0.0461. The number of hydrogen-bond donors (Lipinski definition) is 2. The normalized spacial score (nSPS) is 22.0. The van der Waals surface area contributed by atoms with Crippen LogP contribution in [0.2, 0.25) is 0 Å². The number of fused-ring (bicyclic) bond motifs is 1. The van der Waals surface area contributed by atoms with Crippen molar-refractivity contribution in [3.05, 3.63) is 59.2 Å². The molecule has 0 aliphatic heterocycles. The zero-order valence-corrected chi connectivity index (χ0v) is 14.5. The van der Waals surface area contributed by atoms with Crippen LogP contribution in [0.5, 0.6) is 0 Å². The molecule has 0 bridgehead atoms. The molecule has 1 atom stereocenters. The van der Waals surface area contributed by atoms with Gasteiger partial charge >= 0.3 is 0 Å². The average molecular weight is 308 g/mol. The van der Waals surface area contributed by atoms with Crippen LogP contribution in [0.4, 0.5) is 11.4 Å². The van der Waals surface area contributed by atoms with Crippen molar-refractivity contribution >= 4 is 11.4 Å². The lowest BCUT2D eigenvalue weighted by atomic mass is 9.69. The quantitative estimate of drug-likeness (QED) is 0.780. The standard InChI is InChI=1S/C21H28N2/c1-4-20(5-2)14-21(6-3,15-8-7-9-16(22)12-15)18-11-10-17(23)13-19(18)20/h7-13H,4-6,14,22-23H2,1-3H3. The fourth-order valence-electron chi connectivity index (χ4n) is 4.68. The summed E-state index contributed by atoms with van der Waals surface area (Å²) in [6.07, 6.45) is 4.51. The topological polar surface area (TPSA) is 52.0 Å². The molecular formula is C21H28N2. The van der Waals surface area contributed by atoms with E-state index in [0.717, 1.165) is 37.1 Å². The van der Waals surface area contributed by atoms with Gasteiger partial charge in [-0.05, 0) is 72.1 Å². The summed E-state index contributed by atoms with van der Waals surface area (Å²) in [5.74, 6) is 0. The molecule has 122 valence electrons. The van der Waals surface area contributed by atoms with Crippen molar-refractivity contribution in [1.82, 2.24) is 0 Å². The molecular weight excluding hydrogens is 280 g/mol. The lowest BCUT2D eigenvalue weighted by Gasteiger charge is -2.34. The minimum Gasteiger partial charge on any atom is -0.399 e. The van der Waals surface area contributed by atoms with Crippen molar-refractivity contribution in [3.8, 4) is 0 Å². The van der Waals surface area contributed by atoms with E-state index in [1.54, 1.807) is 0 Å². The molecule has 1 aliphatic carbocycles. The second kappa shape index (κ2) is 5.59. The summed E-state index contributed by atoms with van der Waals surface area (Å²) in [5.41, 5.74) is 18.4. The Morgan fingerprint density at radius 3 is 2.13 bits per heavy atom. The van der Waals surface area contributed by atoms with Gasteiger partial charge in [-0.3, -0.25) is 0 Å². The van der Waals surface area contributed by atoms with Crippen molar-refractivity contribution in [1.29, 1.82) is 0 Å². The molecule has 2 nitrogen and oxygen atoms in total.